The Bertz CT molecular complexity index is 665. The highest BCUT2D eigenvalue weighted by Gasteiger charge is 2.13. The van der Waals surface area contributed by atoms with Gasteiger partial charge in [0.05, 0.1) is 6.61 Å². The van der Waals surface area contributed by atoms with E-state index in [4.69, 9.17) is 5.11 Å². The summed E-state index contributed by atoms with van der Waals surface area (Å²) in [5, 5.41) is 11.8. The Labute approximate surface area is 139 Å². The molecule has 0 spiro atoms. The van der Waals surface area contributed by atoms with Crippen molar-refractivity contribution in [1.82, 2.24) is 10.2 Å². The Hall–Kier alpha value is -2.47. The number of benzene rings is 2. The molecule has 0 atom stereocenters. The summed E-state index contributed by atoms with van der Waals surface area (Å²) in [5.74, 6) is -1.25. The summed E-state index contributed by atoms with van der Waals surface area (Å²) in [5.41, 5.74) is 1.29. The summed E-state index contributed by atoms with van der Waals surface area (Å²) in [6, 6.07) is 12.5. The van der Waals surface area contributed by atoms with Crippen LogP contribution in [0, 0.1) is 11.6 Å². The van der Waals surface area contributed by atoms with Gasteiger partial charge in [0.1, 0.15) is 11.6 Å². The Morgan fingerprint density at radius 2 is 1.88 bits per heavy atom. The van der Waals surface area contributed by atoms with Gasteiger partial charge in [-0.25, -0.2) is 13.6 Å². The predicted octanol–water partition coefficient (Wildman–Crippen LogP) is 2.71. The molecule has 0 saturated heterocycles. The number of urea groups is 1. The van der Waals surface area contributed by atoms with Crippen LogP contribution in [0.1, 0.15) is 11.1 Å². The van der Waals surface area contributed by atoms with Crippen LogP contribution in [-0.2, 0) is 13.0 Å². The molecule has 2 aromatic rings. The molecular weight excluding hydrogens is 314 g/mol. The first-order chi connectivity index (χ1) is 11.6. The second kappa shape index (κ2) is 8.98. The molecule has 0 aromatic heterocycles. The van der Waals surface area contributed by atoms with Gasteiger partial charge in [-0.15, -0.1) is 0 Å². The van der Waals surface area contributed by atoms with Gasteiger partial charge >= 0.3 is 6.03 Å². The first-order valence-electron chi connectivity index (χ1n) is 7.71. The molecule has 0 aliphatic heterocycles. The zero-order valence-electron chi connectivity index (χ0n) is 13.2. The fourth-order valence-corrected chi connectivity index (χ4v) is 2.32. The minimum atomic E-state index is -0.628. The zero-order chi connectivity index (χ0) is 17.4. The summed E-state index contributed by atoms with van der Waals surface area (Å²) in [4.78, 5) is 13.7. The van der Waals surface area contributed by atoms with Crippen molar-refractivity contribution >= 4 is 6.03 Å². The van der Waals surface area contributed by atoms with E-state index in [0.29, 0.717) is 12.1 Å². The van der Waals surface area contributed by atoms with Crippen molar-refractivity contribution < 1.29 is 18.7 Å². The largest absolute Gasteiger partial charge is 0.395 e. The molecule has 6 heteroatoms. The maximum atomic E-state index is 13.5. The number of hydrogen-bond acceptors (Lipinski definition) is 2. The monoisotopic (exact) mass is 334 g/mol. The predicted molar refractivity (Wildman–Crippen MR) is 87.4 cm³/mol. The summed E-state index contributed by atoms with van der Waals surface area (Å²) in [6.45, 7) is 0.648. The van der Waals surface area contributed by atoms with Gasteiger partial charge in [-0.05, 0) is 23.6 Å². The summed E-state index contributed by atoms with van der Waals surface area (Å²) in [6.07, 6.45) is 0.260. The molecule has 0 aliphatic rings. The lowest BCUT2D eigenvalue weighted by atomic mass is 10.1. The van der Waals surface area contributed by atoms with Crippen molar-refractivity contribution in [2.24, 2.45) is 0 Å². The number of nitrogens with one attached hydrogen (secondary N) is 1. The van der Waals surface area contributed by atoms with E-state index in [-0.39, 0.29) is 32.1 Å². The number of carbonyl (C=O) groups excluding carboxylic acids is 1. The minimum absolute atomic E-state index is 0.146. The smallest absolute Gasteiger partial charge is 0.317 e. The Morgan fingerprint density at radius 1 is 1.12 bits per heavy atom. The highest BCUT2D eigenvalue weighted by atomic mass is 19.1. The number of aliphatic hydroxyl groups is 1. The number of nitrogens with zero attached hydrogens (tertiary/aromatic N) is 1. The van der Waals surface area contributed by atoms with Crippen LogP contribution in [0.4, 0.5) is 13.6 Å². The van der Waals surface area contributed by atoms with Gasteiger partial charge in [-0.3, -0.25) is 0 Å². The summed E-state index contributed by atoms with van der Waals surface area (Å²) in [7, 11) is 0. The van der Waals surface area contributed by atoms with Crippen molar-refractivity contribution in [2.45, 2.75) is 13.0 Å². The fraction of sp³-hybridized carbons (Fsp3) is 0.278. The van der Waals surface area contributed by atoms with Crippen LogP contribution in [-0.4, -0.2) is 35.7 Å². The molecule has 2 amide bonds. The van der Waals surface area contributed by atoms with Crippen molar-refractivity contribution in [3.8, 4) is 0 Å². The molecule has 0 radical (unpaired) electrons. The lowest BCUT2D eigenvalue weighted by Crippen LogP contribution is -2.41. The topological polar surface area (TPSA) is 52.6 Å². The molecule has 0 unspecified atom stereocenters. The van der Waals surface area contributed by atoms with Crippen LogP contribution in [0.5, 0.6) is 0 Å². The number of aliphatic hydroxyl groups excluding tert-OH is 1. The number of amides is 2. The maximum absolute atomic E-state index is 13.5. The lowest BCUT2D eigenvalue weighted by molar-refractivity contribution is 0.174. The van der Waals surface area contributed by atoms with Gasteiger partial charge in [0.2, 0.25) is 0 Å². The van der Waals surface area contributed by atoms with E-state index < -0.39 is 11.6 Å². The van der Waals surface area contributed by atoms with Crippen molar-refractivity contribution in [3.05, 3.63) is 71.3 Å². The molecule has 0 heterocycles. The van der Waals surface area contributed by atoms with Gasteiger partial charge in [-0.2, -0.15) is 0 Å². The molecule has 4 nitrogen and oxygen atoms in total. The lowest BCUT2D eigenvalue weighted by Gasteiger charge is -2.22. The highest BCUT2D eigenvalue weighted by Crippen LogP contribution is 2.10. The van der Waals surface area contributed by atoms with Gasteiger partial charge in [0.15, 0.2) is 0 Å². The molecule has 0 bridgehead atoms. The average molecular weight is 334 g/mol. The van der Waals surface area contributed by atoms with E-state index in [1.807, 2.05) is 30.3 Å². The third-order valence-corrected chi connectivity index (χ3v) is 3.56. The van der Waals surface area contributed by atoms with Crippen LogP contribution < -0.4 is 5.32 Å². The second-order valence-electron chi connectivity index (χ2n) is 5.35. The van der Waals surface area contributed by atoms with Gasteiger partial charge in [-0.1, -0.05) is 36.4 Å². The molecular formula is C18H20F2N2O2. The van der Waals surface area contributed by atoms with E-state index in [0.717, 1.165) is 11.6 Å². The van der Waals surface area contributed by atoms with Crippen molar-refractivity contribution in [3.63, 3.8) is 0 Å². The van der Waals surface area contributed by atoms with E-state index in [1.54, 1.807) is 0 Å². The molecule has 24 heavy (non-hydrogen) atoms. The number of rotatable bonds is 7. The van der Waals surface area contributed by atoms with E-state index in [2.05, 4.69) is 5.32 Å². The fourth-order valence-electron chi connectivity index (χ4n) is 2.32. The molecule has 128 valence electrons. The SMILES string of the molecule is O=C(NCCc1ccc(F)cc1F)N(CCO)Cc1ccccc1. The first-order valence-corrected chi connectivity index (χ1v) is 7.71. The summed E-state index contributed by atoms with van der Waals surface area (Å²) < 4.78 is 26.4. The zero-order valence-corrected chi connectivity index (χ0v) is 13.2. The summed E-state index contributed by atoms with van der Waals surface area (Å²) >= 11 is 0. The number of hydrogen-bond donors (Lipinski definition) is 2. The average Bonchev–Trinajstić information content (AvgIpc) is 2.57. The minimum Gasteiger partial charge on any atom is -0.395 e. The molecule has 0 fully saturated rings. The van der Waals surface area contributed by atoms with E-state index in [1.165, 1.54) is 17.0 Å². The highest BCUT2D eigenvalue weighted by molar-refractivity contribution is 5.74. The Balaban J connectivity index is 1.88. The molecule has 2 N–H and O–H groups in total. The molecule has 2 aromatic carbocycles. The first kappa shape index (κ1) is 17.9. The standard InChI is InChI=1S/C18H20F2N2O2/c19-16-7-6-15(17(20)12-16)8-9-21-18(24)22(10-11-23)13-14-4-2-1-3-5-14/h1-7,12,23H,8-11,13H2,(H,21,24). The quantitative estimate of drug-likeness (QED) is 0.818. The molecule has 0 saturated carbocycles. The van der Waals surface area contributed by atoms with Gasteiger partial charge < -0.3 is 15.3 Å². The maximum Gasteiger partial charge on any atom is 0.317 e. The molecule has 0 aliphatic carbocycles. The van der Waals surface area contributed by atoms with E-state index >= 15 is 0 Å². The van der Waals surface area contributed by atoms with E-state index in [9.17, 15) is 13.6 Å². The molecule has 2 rings (SSSR count). The van der Waals surface area contributed by atoms with Gasteiger partial charge in [0, 0.05) is 25.7 Å². The Kier molecular flexibility index (Phi) is 6.69. The van der Waals surface area contributed by atoms with Crippen LogP contribution >= 0.6 is 0 Å². The van der Waals surface area contributed by atoms with Crippen LogP contribution in [0.25, 0.3) is 0 Å². The third-order valence-electron chi connectivity index (χ3n) is 3.56. The van der Waals surface area contributed by atoms with Crippen molar-refractivity contribution in [2.75, 3.05) is 19.7 Å². The number of halogens is 2. The van der Waals surface area contributed by atoms with Crippen molar-refractivity contribution in [1.29, 1.82) is 0 Å². The Morgan fingerprint density at radius 3 is 2.54 bits per heavy atom. The van der Waals surface area contributed by atoms with Gasteiger partial charge in [0.25, 0.3) is 0 Å². The third kappa shape index (κ3) is 5.31. The second-order valence-corrected chi connectivity index (χ2v) is 5.35. The van der Waals surface area contributed by atoms with Crippen LogP contribution in [0.15, 0.2) is 48.5 Å². The number of carbonyl (C=O) groups is 1. The normalized spacial score (nSPS) is 10.5. The van der Waals surface area contributed by atoms with Crippen LogP contribution in [0.2, 0.25) is 0 Å². The van der Waals surface area contributed by atoms with Crippen LogP contribution in [0.3, 0.4) is 0 Å².